The molecule has 6 nitrogen and oxygen atoms in total. The number of ether oxygens (including phenoxy) is 1. The molecule has 0 aliphatic carbocycles. The third-order valence-electron chi connectivity index (χ3n) is 6.04. The molecule has 0 spiro atoms. The Morgan fingerprint density at radius 3 is 3.00 bits per heavy atom. The number of hydrogen-bond donors (Lipinski definition) is 0. The van der Waals surface area contributed by atoms with E-state index in [2.05, 4.69) is 20.8 Å². The largest absolute Gasteiger partial charge is 0.497 e. The number of rotatable bonds is 5. The van der Waals surface area contributed by atoms with Gasteiger partial charge in [0.1, 0.15) is 17.4 Å². The first kappa shape index (κ1) is 19.0. The summed E-state index contributed by atoms with van der Waals surface area (Å²) in [6.07, 6.45) is 8.13. The summed E-state index contributed by atoms with van der Waals surface area (Å²) in [5.74, 6) is 3.63. The molecule has 150 valence electrons. The average Bonchev–Trinajstić information content (AvgIpc) is 3.00. The monoisotopic (exact) mass is 382 g/mol. The fraction of sp³-hybridized carbons (Fsp3) is 0.591. The molecule has 1 aromatic carbocycles. The van der Waals surface area contributed by atoms with Crippen LogP contribution in [0.5, 0.6) is 5.75 Å². The zero-order valence-corrected chi connectivity index (χ0v) is 16.8. The number of nitrogens with zero attached hydrogens (tertiary/aromatic N) is 4. The van der Waals surface area contributed by atoms with Gasteiger partial charge in [-0.05, 0) is 49.8 Å². The van der Waals surface area contributed by atoms with Crippen LogP contribution in [0.3, 0.4) is 0 Å². The lowest BCUT2D eigenvalue weighted by Crippen LogP contribution is -2.40. The fourth-order valence-electron chi connectivity index (χ4n) is 4.46. The normalized spacial score (nSPS) is 19.8. The maximum Gasteiger partial charge on any atom is 0.222 e. The van der Waals surface area contributed by atoms with Crippen molar-refractivity contribution < 1.29 is 9.53 Å². The quantitative estimate of drug-likeness (QED) is 0.796. The number of carbonyl (C=O) groups excluding carboxylic acids is 1. The van der Waals surface area contributed by atoms with E-state index in [0.29, 0.717) is 12.3 Å². The number of hydrogen-bond acceptors (Lipinski definition) is 4. The molecule has 1 aromatic heterocycles. The van der Waals surface area contributed by atoms with E-state index in [1.54, 1.807) is 7.11 Å². The molecule has 2 aliphatic heterocycles. The van der Waals surface area contributed by atoms with Gasteiger partial charge in [-0.25, -0.2) is 0 Å². The van der Waals surface area contributed by atoms with Crippen molar-refractivity contribution in [3.8, 4) is 5.75 Å². The van der Waals surface area contributed by atoms with Crippen LogP contribution in [-0.4, -0.2) is 45.8 Å². The van der Waals surface area contributed by atoms with Crippen LogP contribution >= 0.6 is 0 Å². The van der Waals surface area contributed by atoms with Crippen molar-refractivity contribution >= 4 is 5.91 Å². The molecule has 2 aromatic rings. The second-order valence-corrected chi connectivity index (χ2v) is 7.97. The highest BCUT2D eigenvalue weighted by molar-refractivity contribution is 5.76. The highest BCUT2D eigenvalue weighted by Crippen LogP contribution is 2.28. The minimum Gasteiger partial charge on any atom is -0.497 e. The topological polar surface area (TPSA) is 60.2 Å². The highest BCUT2D eigenvalue weighted by Gasteiger charge is 2.29. The summed E-state index contributed by atoms with van der Waals surface area (Å²) in [5, 5.41) is 8.98. The second kappa shape index (κ2) is 8.76. The van der Waals surface area contributed by atoms with Gasteiger partial charge in [0.15, 0.2) is 0 Å². The SMILES string of the molecule is COc1cccc(CCC(=O)N2CCC[C@H](c3nnc4n3CCCCC4)C2)c1. The van der Waals surface area contributed by atoms with Crippen molar-refractivity contribution in [3.63, 3.8) is 0 Å². The molecule has 1 atom stereocenters. The Bertz CT molecular complexity index is 817. The first-order chi connectivity index (χ1) is 13.7. The minimum atomic E-state index is 0.239. The number of likely N-dealkylation sites (tertiary alicyclic amines) is 1. The van der Waals surface area contributed by atoms with Crippen LogP contribution in [0.15, 0.2) is 24.3 Å². The maximum atomic E-state index is 12.8. The molecule has 3 heterocycles. The van der Waals surface area contributed by atoms with Crippen LogP contribution in [0, 0.1) is 0 Å². The lowest BCUT2D eigenvalue weighted by atomic mass is 9.96. The van der Waals surface area contributed by atoms with Crippen LogP contribution in [0.4, 0.5) is 0 Å². The first-order valence-corrected chi connectivity index (χ1v) is 10.6. The molecular formula is C22H30N4O2. The third kappa shape index (κ3) is 4.21. The number of benzene rings is 1. The number of piperidine rings is 1. The fourth-order valence-corrected chi connectivity index (χ4v) is 4.46. The zero-order valence-electron chi connectivity index (χ0n) is 16.8. The van der Waals surface area contributed by atoms with Gasteiger partial charge in [-0.1, -0.05) is 18.6 Å². The molecule has 0 N–H and O–H groups in total. The maximum absolute atomic E-state index is 12.8. The molecule has 1 saturated heterocycles. The summed E-state index contributed by atoms with van der Waals surface area (Å²) in [4.78, 5) is 14.9. The van der Waals surface area contributed by atoms with E-state index < -0.39 is 0 Å². The molecule has 0 bridgehead atoms. The Morgan fingerprint density at radius 2 is 2.11 bits per heavy atom. The van der Waals surface area contributed by atoms with Gasteiger partial charge < -0.3 is 14.2 Å². The number of amides is 1. The molecule has 1 fully saturated rings. The van der Waals surface area contributed by atoms with E-state index >= 15 is 0 Å². The lowest BCUT2D eigenvalue weighted by molar-refractivity contribution is -0.132. The Labute approximate surface area is 166 Å². The first-order valence-electron chi connectivity index (χ1n) is 10.6. The van der Waals surface area contributed by atoms with Gasteiger partial charge in [-0.15, -0.1) is 10.2 Å². The Kier molecular flexibility index (Phi) is 5.93. The van der Waals surface area contributed by atoms with Gasteiger partial charge in [0, 0.05) is 38.4 Å². The Morgan fingerprint density at radius 1 is 1.18 bits per heavy atom. The second-order valence-electron chi connectivity index (χ2n) is 7.97. The van der Waals surface area contributed by atoms with Crippen LogP contribution in [-0.2, 0) is 24.2 Å². The molecule has 2 aliphatic rings. The summed E-state index contributed by atoms with van der Waals surface area (Å²) < 4.78 is 7.61. The highest BCUT2D eigenvalue weighted by atomic mass is 16.5. The molecular weight excluding hydrogens is 352 g/mol. The molecule has 4 rings (SSSR count). The van der Waals surface area contributed by atoms with Crippen molar-refractivity contribution in [1.82, 2.24) is 19.7 Å². The lowest BCUT2D eigenvalue weighted by Gasteiger charge is -2.32. The Balaban J connectivity index is 1.38. The number of carbonyl (C=O) groups is 1. The molecule has 0 radical (unpaired) electrons. The third-order valence-corrected chi connectivity index (χ3v) is 6.04. The Hall–Kier alpha value is -2.37. The molecule has 1 amide bonds. The van der Waals surface area contributed by atoms with Gasteiger partial charge >= 0.3 is 0 Å². The van der Waals surface area contributed by atoms with E-state index in [1.807, 2.05) is 23.1 Å². The average molecular weight is 383 g/mol. The van der Waals surface area contributed by atoms with Gasteiger partial charge in [0.2, 0.25) is 5.91 Å². The predicted octanol–water partition coefficient (Wildman–Crippen LogP) is 3.35. The number of aromatic nitrogens is 3. The smallest absolute Gasteiger partial charge is 0.222 e. The van der Waals surface area contributed by atoms with Crippen LogP contribution in [0.1, 0.15) is 61.7 Å². The van der Waals surface area contributed by atoms with Crippen molar-refractivity contribution in [2.24, 2.45) is 0 Å². The zero-order chi connectivity index (χ0) is 19.3. The van der Waals surface area contributed by atoms with Crippen LogP contribution in [0.25, 0.3) is 0 Å². The minimum absolute atomic E-state index is 0.239. The van der Waals surface area contributed by atoms with E-state index in [4.69, 9.17) is 4.74 Å². The van der Waals surface area contributed by atoms with Crippen LogP contribution < -0.4 is 4.74 Å². The standard InChI is InChI=1S/C22H30N4O2/c1-28-19-9-5-7-17(15-19)11-12-21(27)25-13-6-8-18(16-25)22-24-23-20-10-3-2-4-14-26(20)22/h5,7,9,15,18H,2-4,6,8,10-14,16H2,1H3/t18-/m0/s1. The predicted molar refractivity (Wildman–Crippen MR) is 107 cm³/mol. The summed E-state index contributed by atoms with van der Waals surface area (Å²) in [6, 6.07) is 7.98. The van der Waals surface area contributed by atoms with Crippen molar-refractivity contribution in [1.29, 1.82) is 0 Å². The molecule has 0 saturated carbocycles. The van der Waals surface area contributed by atoms with E-state index in [1.165, 1.54) is 19.3 Å². The van der Waals surface area contributed by atoms with E-state index in [0.717, 1.165) is 68.3 Å². The van der Waals surface area contributed by atoms with Gasteiger partial charge in [-0.3, -0.25) is 4.79 Å². The van der Waals surface area contributed by atoms with Crippen molar-refractivity contribution in [2.45, 2.75) is 63.8 Å². The van der Waals surface area contributed by atoms with Gasteiger partial charge in [0.25, 0.3) is 0 Å². The van der Waals surface area contributed by atoms with Gasteiger partial charge in [-0.2, -0.15) is 0 Å². The summed E-state index contributed by atoms with van der Waals surface area (Å²) >= 11 is 0. The summed E-state index contributed by atoms with van der Waals surface area (Å²) in [6.45, 7) is 2.65. The molecule has 28 heavy (non-hydrogen) atoms. The number of aryl methyl sites for hydroxylation is 2. The van der Waals surface area contributed by atoms with Crippen LogP contribution in [0.2, 0.25) is 0 Å². The molecule has 6 heteroatoms. The molecule has 0 unspecified atom stereocenters. The van der Waals surface area contributed by atoms with Gasteiger partial charge in [0.05, 0.1) is 7.11 Å². The van der Waals surface area contributed by atoms with Crippen molar-refractivity contribution in [2.75, 3.05) is 20.2 Å². The van der Waals surface area contributed by atoms with E-state index in [9.17, 15) is 4.79 Å². The summed E-state index contributed by atoms with van der Waals surface area (Å²) in [5.41, 5.74) is 1.14. The number of methoxy groups -OCH3 is 1. The summed E-state index contributed by atoms with van der Waals surface area (Å²) in [7, 11) is 1.67. The van der Waals surface area contributed by atoms with E-state index in [-0.39, 0.29) is 5.91 Å². The number of fused-ring (bicyclic) bond motifs is 1. The van der Waals surface area contributed by atoms with Crippen molar-refractivity contribution in [3.05, 3.63) is 41.5 Å².